The van der Waals surface area contributed by atoms with Gasteiger partial charge in [0.25, 0.3) is 0 Å². The van der Waals surface area contributed by atoms with Crippen LogP contribution in [0.3, 0.4) is 0 Å². The number of hydrogen-bond acceptors (Lipinski definition) is 4. The standard InChI is InChI=1S/C10H2F6N2O2/c11-5-6(12)8(20-10(15)16)4(2-18)3(1-17)7(5)19-9(13)14/h9-10H. The average Bonchev–Trinajstić information content (AvgIpc) is 2.37. The van der Waals surface area contributed by atoms with E-state index >= 15 is 0 Å². The van der Waals surface area contributed by atoms with Crippen molar-refractivity contribution in [1.29, 1.82) is 10.5 Å². The first-order valence-corrected chi connectivity index (χ1v) is 4.58. The van der Waals surface area contributed by atoms with Crippen LogP contribution in [0.1, 0.15) is 11.1 Å². The molecule has 0 atom stereocenters. The Labute approximate surface area is 107 Å². The Balaban J connectivity index is 3.65. The van der Waals surface area contributed by atoms with Crippen LogP contribution in [0.25, 0.3) is 0 Å². The second-order valence-electron chi connectivity index (χ2n) is 3.02. The minimum absolute atomic E-state index is 1.09. The van der Waals surface area contributed by atoms with E-state index < -0.39 is 47.5 Å². The summed E-state index contributed by atoms with van der Waals surface area (Å²) in [4.78, 5) is 0. The first-order valence-electron chi connectivity index (χ1n) is 4.58. The molecule has 20 heavy (non-hydrogen) atoms. The van der Waals surface area contributed by atoms with Gasteiger partial charge in [0, 0.05) is 0 Å². The van der Waals surface area contributed by atoms with E-state index in [-0.39, 0.29) is 0 Å². The monoisotopic (exact) mass is 296 g/mol. The van der Waals surface area contributed by atoms with Gasteiger partial charge in [-0.15, -0.1) is 0 Å². The smallest absolute Gasteiger partial charge is 0.387 e. The minimum atomic E-state index is -3.62. The van der Waals surface area contributed by atoms with Crippen molar-refractivity contribution >= 4 is 0 Å². The molecule has 0 saturated heterocycles. The van der Waals surface area contributed by atoms with Gasteiger partial charge in [-0.1, -0.05) is 0 Å². The maximum absolute atomic E-state index is 13.4. The summed E-state index contributed by atoms with van der Waals surface area (Å²) in [7, 11) is 0. The molecule has 0 radical (unpaired) electrons. The number of hydrogen-bond donors (Lipinski definition) is 0. The number of nitrogens with zero attached hydrogens (tertiary/aromatic N) is 2. The third kappa shape index (κ3) is 2.85. The van der Waals surface area contributed by atoms with Crippen LogP contribution in [0.15, 0.2) is 0 Å². The number of alkyl halides is 4. The molecule has 4 nitrogen and oxygen atoms in total. The molecule has 0 spiro atoms. The van der Waals surface area contributed by atoms with E-state index in [0.717, 1.165) is 12.1 Å². The molecular weight excluding hydrogens is 294 g/mol. The molecule has 0 aliphatic heterocycles. The number of ether oxygens (including phenoxy) is 2. The van der Waals surface area contributed by atoms with E-state index in [1.165, 1.54) is 0 Å². The van der Waals surface area contributed by atoms with Gasteiger partial charge >= 0.3 is 13.2 Å². The first-order chi connectivity index (χ1) is 9.33. The van der Waals surface area contributed by atoms with Gasteiger partial charge in [-0.25, -0.2) is 0 Å². The van der Waals surface area contributed by atoms with Crippen LogP contribution in [-0.4, -0.2) is 13.2 Å². The second kappa shape index (κ2) is 6.02. The molecule has 10 heteroatoms. The molecule has 0 unspecified atom stereocenters. The fourth-order valence-corrected chi connectivity index (χ4v) is 1.26. The maximum atomic E-state index is 13.4. The van der Waals surface area contributed by atoms with Gasteiger partial charge in [0.2, 0.25) is 11.6 Å². The lowest BCUT2D eigenvalue weighted by molar-refractivity contribution is -0.0574. The average molecular weight is 296 g/mol. The molecule has 106 valence electrons. The van der Waals surface area contributed by atoms with Crippen molar-refractivity contribution in [2.75, 3.05) is 0 Å². The van der Waals surface area contributed by atoms with Crippen molar-refractivity contribution in [3.8, 4) is 23.6 Å². The van der Waals surface area contributed by atoms with E-state index in [9.17, 15) is 26.3 Å². The highest BCUT2D eigenvalue weighted by molar-refractivity contribution is 5.61. The molecule has 0 aromatic heterocycles. The van der Waals surface area contributed by atoms with Gasteiger partial charge in [-0.2, -0.15) is 36.9 Å². The Morgan fingerprint density at radius 1 is 0.750 bits per heavy atom. The summed E-state index contributed by atoms with van der Waals surface area (Å²) in [6.07, 6.45) is 0. The highest BCUT2D eigenvalue weighted by Gasteiger charge is 2.30. The lowest BCUT2D eigenvalue weighted by atomic mass is 10.1. The lowest BCUT2D eigenvalue weighted by Gasteiger charge is -2.13. The van der Waals surface area contributed by atoms with Gasteiger partial charge in [0.1, 0.15) is 23.3 Å². The van der Waals surface area contributed by atoms with Gasteiger partial charge < -0.3 is 9.47 Å². The largest absolute Gasteiger partial charge is 0.430 e. The number of nitriles is 2. The fraction of sp³-hybridized carbons (Fsp3) is 0.200. The SMILES string of the molecule is N#Cc1c(C#N)c(OC(F)F)c(F)c(F)c1OC(F)F. The summed E-state index contributed by atoms with van der Waals surface area (Å²) in [6, 6.07) is 2.18. The fourth-order valence-electron chi connectivity index (χ4n) is 1.26. The predicted octanol–water partition coefficient (Wildman–Crippen LogP) is 2.91. The second-order valence-corrected chi connectivity index (χ2v) is 3.02. The molecule has 1 aromatic carbocycles. The Bertz CT molecular complexity index is 552. The number of benzene rings is 1. The van der Waals surface area contributed by atoms with Crippen LogP contribution in [0.4, 0.5) is 26.3 Å². The topological polar surface area (TPSA) is 66.0 Å². The van der Waals surface area contributed by atoms with E-state index in [1.807, 2.05) is 0 Å². The van der Waals surface area contributed by atoms with Crippen LogP contribution in [-0.2, 0) is 0 Å². The normalized spacial score (nSPS) is 10.3. The van der Waals surface area contributed by atoms with Crippen LogP contribution >= 0.6 is 0 Å². The van der Waals surface area contributed by atoms with Crippen LogP contribution in [0, 0.1) is 34.3 Å². The van der Waals surface area contributed by atoms with Crippen molar-refractivity contribution in [2.45, 2.75) is 13.2 Å². The van der Waals surface area contributed by atoms with Gasteiger partial charge in [0.05, 0.1) is 0 Å². The number of halogens is 6. The Kier molecular flexibility index (Phi) is 4.64. The van der Waals surface area contributed by atoms with E-state index in [2.05, 4.69) is 9.47 Å². The summed E-state index contributed by atoms with van der Waals surface area (Å²) in [6.45, 7) is -7.24. The summed E-state index contributed by atoms with van der Waals surface area (Å²) < 4.78 is 82.2. The zero-order valence-corrected chi connectivity index (χ0v) is 9.13. The molecule has 0 amide bonds. The minimum Gasteiger partial charge on any atom is -0.430 e. The summed E-state index contributed by atoms with van der Waals surface area (Å²) in [5.41, 5.74) is -2.36. The molecule has 0 N–H and O–H groups in total. The summed E-state index contributed by atoms with van der Waals surface area (Å²) >= 11 is 0. The molecule has 1 rings (SSSR count). The molecule has 0 bridgehead atoms. The van der Waals surface area contributed by atoms with Crippen molar-refractivity contribution in [1.82, 2.24) is 0 Å². The molecule has 0 aliphatic rings. The zero-order valence-electron chi connectivity index (χ0n) is 9.13. The Hall–Kier alpha value is -2.62. The third-order valence-electron chi connectivity index (χ3n) is 1.93. The molecule has 0 heterocycles. The molecule has 0 saturated carbocycles. The zero-order chi connectivity index (χ0) is 15.4. The third-order valence-corrected chi connectivity index (χ3v) is 1.93. The van der Waals surface area contributed by atoms with Crippen molar-refractivity contribution in [2.24, 2.45) is 0 Å². The highest BCUT2D eigenvalue weighted by Crippen LogP contribution is 2.37. The van der Waals surface area contributed by atoms with Crippen molar-refractivity contribution in [3.05, 3.63) is 22.8 Å². The number of rotatable bonds is 4. The molecule has 1 aromatic rings. The van der Waals surface area contributed by atoms with Crippen molar-refractivity contribution in [3.63, 3.8) is 0 Å². The highest BCUT2D eigenvalue weighted by atomic mass is 19.3. The van der Waals surface area contributed by atoms with Gasteiger partial charge in [0.15, 0.2) is 11.5 Å². The van der Waals surface area contributed by atoms with Gasteiger partial charge in [-0.05, 0) is 0 Å². The summed E-state index contributed by atoms with van der Waals surface area (Å²) in [5.74, 6) is -7.40. The lowest BCUT2D eigenvalue weighted by Crippen LogP contribution is -2.12. The van der Waals surface area contributed by atoms with Gasteiger partial charge in [-0.3, -0.25) is 0 Å². The Morgan fingerprint density at radius 2 is 1.05 bits per heavy atom. The van der Waals surface area contributed by atoms with E-state index in [1.54, 1.807) is 0 Å². The Morgan fingerprint density at radius 3 is 1.25 bits per heavy atom. The molecule has 0 aliphatic carbocycles. The van der Waals surface area contributed by atoms with E-state index in [4.69, 9.17) is 10.5 Å². The van der Waals surface area contributed by atoms with Crippen LogP contribution in [0.5, 0.6) is 11.5 Å². The van der Waals surface area contributed by atoms with Crippen LogP contribution in [0.2, 0.25) is 0 Å². The predicted molar refractivity (Wildman–Crippen MR) is 49.1 cm³/mol. The first kappa shape index (κ1) is 15.4. The van der Waals surface area contributed by atoms with Crippen LogP contribution < -0.4 is 9.47 Å². The van der Waals surface area contributed by atoms with Crippen molar-refractivity contribution < 1.29 is 35.8 Å². The molecule has 0 fully saturated rings. The molecular formula is C10H2F6N2O2. The quantitative estimate of drug-likeness (QED) is 0.801. The van der Waals surface area contributed by atoms with E-state index in [0.29, 0.717) is 0 Å². The summed E-state index contributed by atoms with van der Waals surface area (Å²) in [5, 5.41) is 17.3. The maximum Gasteiger partial charge on any atom is 0.387 e.